The van der Waals surface area contributed by atoms with Gasteiger partial charge in [0.2, 0.25) is 0 Å². The van der Waals surface area contributed by atoms with Crippen molar-refractivity contribution in [3.05, 3.63) is 140 Å². The standard InChI is InChI=1S/C13H9FN2O3.C7H4ClFO.C6H6N2O2/c14-10-6-4-9(5-7-10)13(17)15-11-2-1-3-12(8-11)16(18)19;8-7(10)5-1-3-6(9)4-2-5;7-5-2-1-3-6(4-5)8(9)10/h1-8H,(H,15,17);1-4H;1-4H,7H2. The number of nitrogen functional groups attached to an aromatic ring is 1. The van der Waals surface area contributed by atoms with E-state index >= 15 is 0 Å². The third-order valence-electron chi connectivity index (χ3n) is 4.57. The second-order valence-corrected chi connectivity index (χ2v) is 7.74. The minimum Gasteiger partial charge on any atom is -0.399 e. The molecule has 0 saturated carbocycles. The second-order valence-electron chi connectivity index (χ2n) is 7.40. The van der Waals surface area contributed by atoms with Crippen molar-refractivity contribution < 1.29 is 28.2 Å². The number of hydrogen-bond acceptors (Lipinski definition) is 7. The number of benzene rings is 4. The lowest BCUT2D eigenvalue weighted by Gasteiger charge is -2.04. The summed E-state index contributed by atoms with van der Waals surface area (Å²) in [5.41, 5.74) is 6.51. The van der Waals surface area contributed by atoms with Gasteiger partial charge in [-0.15, -0.1) is 0 Å². The van der Waals surface area contributed by atoms with E-state index in [0.29, 0.717) is 16.9 Å². The Kier molecular flexibility index (Phi) is 11.1. The van der Waals surface area contributed by atoms with Gasteiger partial charge in [-0.05, 0) is 72.3 Å². The first-order chi connectivity index (χ1) is 18.5. The van der Waals surface area contributed by atoms with Crippen LogP contribution in [0.1, 0.15) is 20.7 Å². The molecule has 0 aliphatic carbocycles. The molecule has 0 heterocycles. The van der Waals surface area contributed by atoms with Gasteiger partial charge in [-0.25, -0.2) is 8.78 Å². The van der Waals surface area contributed by atoms with E-state index in [-0.39, 0.29) is 22.8 Å². The third-order valence-corrected chi connectivity index (χ3v) is 4.79. The van der Waals surface area contributed by atoms with Crippen LogP contribution in [0.15, 0.2) is 97.1 Å². The predicted molar refractivity (Wildman–Crippen MR) is 142 cm³/mol. The van der Waals surface area contributed by atoms with Crippen molar-refractivity contribution >= 4 is 45.5 Å². The van der Waals surface area contributed by atoms with Gasteiger partial charge in [0.1, 0.15) is 11.6 Å². The Morgan fingerprint density at radius 2 is 1.18 bits per heavy atom. The molecule has 0 radical (unpaired) electrons. The normalized spacial score (nSPS) is 9.62. The van der Waals surface area contributed by atoms with Gasteiger partial charge in [0, 0.05) is 46.8 Å². The molecule has 10 nitrogen and oxygen atoms in total. The molecule has 1 amide bonds. The van der Waals surface area contributed by atoms with Gasteiger partial charge in [0.15, 0.2) is 0 Å². The average molecular weight is 557 g/mol. The molecule has 0 bridgehead atoms. The first-order valence-corrected chi connectivity index (χ1v) is 11.1. The van der Waals surface area contributed by atoms with Gasteiger partial charge in [-0.1, -0.05) is 12.1 Å². The van der Waals surface area contributed by atoms with E-state index in [1.165, 1.54) is 84.9 Å². The summed E-state index contributed by atoms with van der Waals surface area (Å²) in [6, 6.07) is 21.5. The number of nitrogens with zero attached hydrogens (tertiary/aromatic N) is 2. The van der Waals surface area contributed by atoms with Gasteiger partial charge in [0.25, 0.3) is 22.5 Å². The zero-order valence-corrected chi connectivity index (χ0v) is 20.5. The first kappa shape index (κ1) is 30.0. The third kappa shape index (κ3) is 10.3. The van der Waals surface area contributed by atoms with Crippen molar-refractivity contribution in [3.63, 3.8) is 0 Å². The van der Waals surface area contributed by atoms with Crippen LogP contribution in [0.25, 0.3) is 0 Å². The molecule has 0 aliphatic heterocycles. The van der Waals surface area contributed by atoms with E-state index in [2.05, 4.69) is 5.32 Å². The molecule has 3 N–H and O–H groups in total. The Morgan fingerprint density at radius 3 is 1.62 bits per heavy atom. The Hall–Kier alpha value is -5.23. The number of nitro benzene ring substituents is 2. The van der Waals surface area contributed by atoms with Crippen LogP contribution in [0.5, 0.6) is 0 Å². The summed E-state index contributed by atoms with van der Waals surface area (Å²) in [6.45, 7) is 0. The molecule has 0 atom stereocenters. The van der Waals surface area contributed by atoms with Crippen molar-refractivity contribution in [1.82, 2.24) is 0 Å². The van der Waals surface area contributed by atoms with Gasteiger partial charge in [-0.2, -0.15) is 0 Å². The molecule has 0 spiro atoms. The van der Waals surface area contributed by atoms with Gasteiger partial charge < -0.3 is 11.1 Å². The zero-order chi connectivity index (χ0) is 28.9. The fourth-order valence-corrected chi connectivity index (χ4v) is 2.85. The Labute approximate surface area is 224 Å². The van der Waals surface area contributed by atoms with Gasteiger partial charge in [-0.3, -0.25) is 29.8 Å². The minimum atomic E-state index is -0.569. The smallest absolute Gasteiger partial charge is 0.271 e. The summed E-state index contributed by atoms with van der Waals surface area (Å²) in [5, 5.41) is 22.6. The van der Waals surface area contributed by atoms with Gasteiger partial charge >= 0.3 is 0 Å². The van der Waals surface area contributed by atoms with Crippen LogP contribution in [0, 0.1) is 31.9 Å². The molecule has 0 unspecified atom stereocenters. The van der Waals surface area contributed by atoms with Crippen molar-refractivity contribution in [2.75, 3.05) is 11.1 Å². The number of nitrogens with two attached hydrogens (primary N) is 1. The lowest BCUT2D eigenvalue weighted by Crippen LogP contribution is -2.11. The monoisotopic (exact) mass is 556 g/mol. The molecule has 0 saturated heterocycles. The summed E-state index contributed by atoms with van der Waals surface area (Å²) >= 11 is 5.09. The van der Waals surface area contributed by atoms with Crippen LogP contribution < -0.4 is 11.1 Å². The number of anilines is 2. The molecular formula is C26H19ClF2N4O6. The molecule has 39 heavy (non-hydrogen) atoms. The van der Waals surface area contributed by atoms with Crippen LogP contribution in [0.2, 0.25) is 0 Å². The summed E-state index contributed by atoms with van der Waals surface area (Å²) in [5.74, 6) is -1.27. The molecule has 4 aromatic carbocycles. The summed E-state index contributed by atoms with van der Waals surface area (Å²) in [4.78, 5) is 41.9. The SMILES string of the molecule is Nc1cccc([N+](=O)[O-])c1.O=C(Cl)c1ccc(F)cc1.O=C(Nc1cccc([N+](=O)[O-])c1)c1ccc(F)cc1. The fourth-order valence-electron chi connectivity index (χ4n) is 2.72. The second kappa shape index (κ2) is 14.5. The number of hydrogen-bond donors (Lipinski definition) is 2. The number of halogens is 3. The summed E-state index contributed by atoms with van der Waals surface area (Å²) < 4.78 is 24.9. The largest absolute Gasteiger partial charge is 0.399 e. The highest BCUT2D eigenvalue weighted by molar-refractivity contribution is 6.67. The maximum Gasteiger partial charge on any atom is 0.271 e. The fraction of sp³-hybridized carbons (Fsp3) is 0. The van der Waals surface area contributed by atoms with Crippen LogP contribution in [0.4, 0.5) is 31.5 Å². The van der Waals surface area contributed by atoms with Crippen LogP contribution in [-0.2, 0) is 0 Å². The minimum absolute atomic E-state index is 0.0278. The maximum atomic E-state index is 12.7. The highest BCUT2D eigenvalue weighted by atomic mass is 35.5. The maximum absolute atomic E-state index is 12.7. The number of nitro groups is 2. The molecule has 4 rings (SSSR count). The number of rotatable bonds is 5. The van der Waals surface area contributed by atoms with Crippen molar-refractivity contribution in [3.8, 4) is 0 Å². The highest BCUT2D eigenvalue weighted by Gasteiger charge is 2.10. The zero-order valence-electron chi connectivity index (χ0n) is 19.8. The molecule has 0 aliphatic rings. The molecule has 200 valence electrons. The Morgan fingerprint density at radius 1 is 0.718 bits per heavy atom. The highest BCUT2D eigenvalue weighted by Crippen LogP contribution is 2.18. The number of carbonyl (C=O) groups is 2. The van der Waals surface area contributed by atoms with Crippen LogP contribution in [0.3, 0.4) is 0 Å². The lowest BCUT2D eigenvalue weighted by molar-refractivity contribution is -0.385. The van der Waals surface area contributed by atoms with E-state index in [1.807, 2.05) is 0 Å². The molecule has 0 fully saturated rings. The molecule has 4 aromatic rings. The summed E-state index contributed by atoms with van der Waals surface area (Å²) in [7, 11) is 0. The predicted octanol–water partition coefficient (Wildman–Crippen LogP) is 6.37. The number of carbonyl (C=O) groups excluding carboxylic acids is 2. The van der Waals surface area contributed by atoms with E-state index < -0.39 is 26.8 Å². The number of nitrogens with one attached hydrogen (secondary N) is 1. The lowest BCUT2D eigenvalue weighted by atomic mass is 10.2. The van der Waals surface area contributed by atoms with E-state index in [4.69, 9.17) is 17.3 Å². The quantitative estimate of drug-likeness (QED) is 0.125. The van der Waals surface area contributed by atoms with Crippen LogP contribution >= 0.6 is 11.6 Å². The Balaban J connectivity index is 0.000000225. The van der Waals surface area contributed by atoms with E-state index in [9.17, 15) is 38.6 Å². The molecular weight excluding hydrogens is 538 g/mol. The molecule has 0 aromatic heterocycles. The van der Waals surface area contributed by atoms with E-state index in [1.54, 1.807) is 12.1 Å². The summed E-state index contributed by atoms with van der Waals surface area (Å²) in [6.07, 6.45) is 0. The van der Waals surface area contributed by atoms with Gasteiger partial charge in [0.05, 0.1) is 9.85 Å². The van der Waals surface area contributed by atoms with Crippen molar-refractivity contribution in [2.24, 2.45) is 0 Å². The van der Waals surface area contributed by atoms with Crippen molar-refractivity contribution in [2.45, 2.75) is 0 Å². The van der Waals surface area contributed by atoms with Crippen molar-refractivity contribution in [1.29, 1.82) is 0 Å². The number of amides is 1. The topological polar surface area (TPSA) is 158 Å². The first-order valence-electron chi connectivity index (χ1n) is 10.7. The van der Waals surface area contributed by atoms with E-state index in [0.717, 1.165) is 0 Å². The Bertz CT molecular complexity index is 1470. The number of non-ortho nitro benzene ring substituents is 2. The average Bonchev–Trinajstić information content (AvgIpc) is 2.90. The van der Waals surface area contributed by atoms with Crippen LogP contribution in [-0.4, -0.2) is 21.0 Å². The molecule has 13 heteroatoms.